The van der Waals surface area contributed by atoms with Crippen LogP contribution in [0.3, 0.4) is 0 Å². The van der Waals surface area contributed by atoms with E-state index in [2.05, 4.69) is 24.1 Å². The zero-order valence-electron chi connectivity index (χ0n) is 15.5. The molecule has 2 aliphatic heterocycles. The van der Waals surface area contributed by atoms with E-state index in [1.807, 2.05) is 0 Å². The molecule has 26 heavy (non-hydrogen) atoms. The number of hydrogen-bond donors (Lipinski definition) is 1. The monoisotopic (exact) mass is 357 g/mol. The van der Waals surface area contributed by atoms with Crippen LogP contribution in [0, 0.1) is 5.92 Å². The second-order valence-electron chi connectivity index (χ2n) is 7.45. The van der Waals surface area contributed by atoms with Gasteiger partial charge in [0, 0.05) is 12.6 Å². The highest BCUT2D eigenvalue weighted by molar-refractivity contribution is 6.22. The summed E-state index contributed by atoms with van der Waals surface area (Å²) in [5, 5.41) is 2.93. The van der Waals surface area contributed by atoms with Gasteiger partial charge >= 0.3 is 0 Å². The minimum absolute atomic E-state index is 0.225. The Bertz CT molecular complexity index is 660. The molecule has 2 heterocycles. The molecule has 2 aliphatic rings. The average Bonchev–Trinajstić information content (AvgIpc) is 2.88. The number of nitrogens with zero attached hydrogens (tertiary/aromatic N) is 2. The van der Waals surface area contributed by atoms with Crippen molar-refractivity contribution in [1.29, 1.82) is 0 Å². The van der Waals surface area contributed by atoms with Gasteiger partial charge in [0.1, 0.15) is 6.54 Å². The van der Waals surface area contributed by atoms with Crippen LogP contribution in [-0.4, -0.2) is 59.7 Å². The molecule has 6 heteroatoms. The number of benzene rings is 1. The first-order valence-electron chi connectivity index (χ1n) is 9.45. The standard InChI is InChI=1S/C20H27N3O3/c1-14(2)17(22-10-6-3-7-11-22)12-21-18(24)13-23-19(25)15-8-4-5-9-16(15)20(23)26/h4-5,8-9,14,17H,3,6-7,10-13H2,1-2H3,(H,21,24). The van der Waals surface area contributed by atoms with Crippen LogP contribution in [-0.2, 0) is 4.79 Å². The van der Waals surface area contributed by atoms with Crippen molar-refractivity contribution in [3.8, 4) is 0 Å². The quantitative estimate of drug-likeness (QED) is 0.790. The third-order valence-corrected chi connectivity index (χ3v) is 5.32. The summed E-state index contributed by atoms with van der Waals surface area (Å²) in [6, 6.07) is 6.97. The van der Waals surface area contributed by atoms with Gasteiger partial charge in [-0.1, -0.05) is 32.4 Å². The maximum absolute atomic E-state index is 12.4. The lowest BCUT2D eigenvalue weighted by atomic mass is 9.99. The van der Waals surface area contributed by atoms with E-state index in [1.165, 1.54) is 19.3 Å². The number of amides is 3. The zero-order valence-corrected chi connectivity index (χ0v) is 15.5. The molecule has 1 unspecified atom stereocenters. The van der Waals surface area contributed by atoms with E-state index in [4.69, 9.17) is 0 Å². The molecular weight excluding hydrogens is 330 g/mol. The molecule has 0 aliphatic carbocycles. The Morgan fingerprint density at radius 1 is 1.04 bits per heavy atom. The third kappa shape index (κ3) is 3.80. The lowest BCUT2D eigenvalue weighted by molar-refractivity contribution is -0.121. The van der Waals surface area contributed by atoms with E-state index >= 15 is 0 Å². The van der Waals surface area contributed by atoms with Crippen LogP contribution in [0.25, 0.3) is 0 Å². The van der Waals surface area contributed by atoms with Crippen molar-refractivity contribution in [2.45, 2.75) is 39.2 Å². The van der Waals surface area contributed by atoms with Crippen LogP contribution < -0.4 is 5.32 Å². The minimum atomic E-state index is -0.391. The Hall–Kier alpha value is -2.21. The predicted octanol–water partition coefficient (Wildman–Crippen LogP) is 1.91. The number of carbonyl (C=O) groups excluding carboxylic acids is 3. The van der Waals surface area contributed by atoms with Gasteiger partial charge in [-0.3, -0.25) is 24.2 Å². The van der Waals surface area contributed by atoms with E-state index in [0.29, 0.717) is 23.6 Å². The molecule has 1 fully saturated rings. The highest BCUT2D eigenvalue weighted by Gasteiger charge is 2.36. The largest absolute Gasteiger partial charge is 0.353 e. The van der Waals surface area contributed by atoms with Crippen molar-refractivity contribution in [3.05, 3.63) is 35.4 Å². The fraction of sp³-hybridized carbons (Fsp3) is 0.550. The van der Waals surface area contributed by atoms with Crippen molar-refractivity contribution in [3.63, 3.8) is 0 Å². The first-order valence-corrected chi connectivity index (χ1v) is 9.45. The van der Waals surface area contributed by atoms with E-state index in [9.17, 15) is 14.4 Å². The number of rotatable bonds is 6. The lowest BCUT2D eigenvalue weighted by Crippen LogP contribution is -2.50. The Labute approximate surface area is 154 Å². The van der Waals surface area contributed by atoms with Gasteiger partial charge in [-0.2, -0.15) is 0 Å². The van der Waals surface area contributed by atoms with Crippen molar-refractivity contribution in [2.75, 3.05) is 26.2 Å². The molecule has 1 N–H and O–H groups in total. The Morgan fingerprint density at radius 2 is 1.62 bits per heavy atom. The van der Waals surface area contributed by atoms with E-state index in [1.54, 1.807) is 24.3 Å². The topological polar surface area (TPSA) is 69.7 Å². The summed E-state index contributed by atoms with van der Waals surface area (Å²) >= 11 is 0. The number of fused-ring (bicyclic) bond motifs is 1. The van der Waals surface area contributed by atoms with Crippen molar-refractivity contribution < 1.29 is 14.4 Å². The SMILES string of the molecule is CC(C)C(CNC(=O)CN1C(=O)c2ccccc2C1=O)N1CCCCC1. The van der Waals surface area contributed by atoms with Gasteiger partial charge in [0.05, 0.1) is 11.1 Å². The van der Waals surface area contributed by atoms with Crippen molar-refractivity contribution in [1.82, 2.24) is 15.1 Å². The molecule has 3 amide bonds. The molecule has 0 saturated carbocycles. The van der Waals surface area contributed by atoms with Crippen molar-refractivity contribution in [2.24, 2.45) is 5.92 Å². The number of nitrogens with one attached hydrogen (secondary N) is 1. The Kier molecular flexibility index (Phi) is 5.71. The van der Waals surface area contributed by atoms with Crippen LogP contribution in [0.4, 0.5) is 0 Å². The van der Waals surface area contributed by atoms with Gasteiger partial charge in [0.15, 0.2) is 0 Å². The van der Waals surface area contributed by atoms with Crippen LogP contribution in [0.5, 0.6) is 0 Å². The lowest BCUT2D eigenvalue weighted by Gasteiger charge is -2.37. The average molecular weight is 357 g/mol. The molecule has 0 spiro atoms. The molecule has 1 saturated heterocycles. The van der Waals surface area contributed by atoms with Gasteiger partial charge in [-0.05, 0) is 44.0 Å². The maximum atomic E-state index is 12.4. The number of piperidine rings is 1. The molecule has 1 aromatic carbocycles. The molecule has 0 aromatic heterocycles. The Balaban J connectivity index is 1.57. The van der Waals surface area contributed by atoms with E-state index in [0.717, 1.165) is 18.0 Å². The minimum Gasteiger partial charge on any atom is -0.353 e. The number of imide groups is 1. The summed E-state index contributed by atoms with van der Waals surface area (Å²) in [5.74, 6) is -0.649. The van der Waals surface area contributed by atoms with Crippen LogP contribution in [0.2, 0.25) is 0 Å². The first kappa shape index (κ1) is 18.6. The zero-order chi connectivity index (χ0) is 18.7. The van der Waals surface area contributed by atoms with E-state index in [-0.39, 0.29) is 18.5 Å². The summed E-state index contributed by atoms with van der Waals surface area (Å²) in [5.41, 5.74) is 0.748. The molecular formula is C20H27N3O3. The molecule has 0 radical (unpaired) electrons. The molecule has 3 rings (SSSR count). The number of hydrogen-bond acceptors (Lipinski definition) is 4. The van der Waals surface area contributed by atoms with Crippen molar-refractivity contribution >= 4 is 17.7 Å². The Morgan fingerprint density at radius 3 is 2.15 bits per heavy atom. The normalized spacial score (nSPS) is 19.0. The number of carbonyl (C=O) groups is 3. The number of likely N-dealkylation sites (tertiary alicyclic amines) is 1. The summed E-state index contributed by atoms with van der Waals surface area (Å²) in [7, 11) is 0. The van der Waals surface area contributed by atoms with Gasteiger partial charge in [0.2, 0.25) is 5.91 Å². The van der Waals surface area contributed by atoms with Gasteiger partial charge in [-0.25, -0.2) is 0 Å². The summed E-state index contributed by atoms with van der Waals surface area (Å²) in [4.78, 5) is 40.6. The fourth-order valence-electron chi connectivity index (χ4n) is 3.84. The van der Waals surface area contributed by atoms with Crippen LogP contribution >= 0.6 is 0 Å². The second kappa shape index (κ2) is 7.99. The van der Waals surface area contributed by atoms with Crippen LogP contribution in [0.1, 0.15) is 53.8 Å². The molecule has 6 nitrogen and oxygen atoms in total. The third-order valence-electron chi connectivity index (χ3n) is 5.32. The highest BCUT2D eigenvalue weighted by atomic mass is 16.2. The fourth-order valence-corrected chi connectivity index (χ4v) is 3.84. The van der Waals surface area contributed by atoms with E-state index < -0.39 is 11.8 Å². The van der Waals surface area contributed by atoms with Gasteiger partial charge in [0.25, 0.3) is 11.8 Å². The molecule has 1 aromatic rings. The summed E-state index contributed by atoms with van der Waals surface area (Å²) in [6.45, 7) is 6.77. The molecule has 1 atom stereocenters. The summed E-state index contributed by atoms with van der Waals surface area (Å²) in [6.07, 6.45) is 3.67. The smallest absolute Gasteiger partial charge is 0.262 e. The highest BCUT2D eigenvalue weighted by Crippen LogP contribution is 2.22. The van der Waals surface area contributed by atoms with Gasteiger partial charge < -0.3 is 5.32 Å². The molecule has 140 valence electrons. The maximum Gasteiger partial charge on any atom is 0.262 e. The second-order valence-corrected chi connectivity index (χ2v) is 7.45. The molecule has 0 bridgehead atoms. The van der Waals surface area contributed by atoms with Gasteiger partial charge in [-0.15, -0.1) is 0 Å². The first-order chi connectivity index (χ1) is 12.5. The van der Waals surface area contributed by atoms with Crippen LogP contribution in [0.15, 0.2) is 24.3 Å². The summed E-state index contributed by atoms with van der Waals surface area (Å²) < 4.78 is 0. The predicted molar refractivity (Wildman–Crippen MR) is 98.9 cm³/mol.